The predicted molar refractivity (Wildman–Crippen MR) is 75.9 cm³/mol. The molecule has 2 fully saturated rings. The molecule has 1 heterocycles. The number of nitrogens with two attached hydrogens (primary N) is 1. The summed E-state index contributed by atoms with van der Waals surface area (Å²) < 4.78 is 0. The van der Waals surface area contributed by atoms with Crippen molar-refractivity contribution in [2.24, 2.45) is 17.6 Å². The van der Waals surface area contributed by atoms with Crippen LogP contribution in [0.2, 0.25) is 0 Å². The Morgan fingerprint density at radius 2 is 1.65 bits per heavy atom. The number of rotatable bonds is 3. The molecule has 1 aliphatic heterocycles. The zero-order valence-corrected chi connectivity index (χ0v) is 12.1. The van der Waals surface area contributed by atoms with Crippen molar-refractivity contribution in [3.63, 3.8) is 0 Å². The van der Waals surface area contributed by atoms with E-state index < -0.39 is 0 Å². The highest BCUT2D eigenvalue weighted by molar-refractivity contribution is 6.08. The van der Waals surface area contributed by atoms with Gasteiger partial charge in [-0.15, -0.1) is 0 Å². The van der Waals surface area contributed by atoms with Crippen LogP contribution in [-0.2, 0) is 9.59 Å². The number of fused-ring (bicyclic) bond motifs is 1. The predicted octanol–water partition coefficient (Wildman–Crippen LogP) is 1.62. The summed E-state index contributed by atoms with van der Waals surface area (Å²) in [5, 5.41) is 0. The molecule has 0 spiro atoms. The second-order valence-electron chi connectivity index (χ2n) is 6.15. The summed E-state index contributed by atoms with van der Waals surface area (Å²) >= 11 is 0. The summed E-state index contributed by atoms with van der Waals surface area (Å²) in [6.45, 7) is 6.41. The van der Waals surface area contributed by atoms with Crippen LogP contribution in [0.1, 0.15) is 34.7 Å². The van der Waals surface area contributed by atoms with E-state index in [-0.39, 0.29) is 29.7 Å². The van der Waals surface area contributed by atoms with Gasteiger partial charge in [0.05, 0.1) is 11.8 Å². The van der Waals surface area contributed by atoms with E-state index in [4.69, 9.17) is 5.73 Å². The molecular formula is C16H20N2O2. The van der Waals surface area contributed by atoms with Gasteiger partial charge in [-0.05, 0) is 43.9 Å². The number of benzene rings is 1. The maximum atomic E-state index is 12.0. The third-order valence-electron chi connectivity index (χ3n) is 4.44. The van der Waals surface area contributed by atoms with E-state index in [2.05, 4.69) is 19.1 Å². The van der Waals surface area contributed by atoms with E-state index >= 15 is 0 Å². The second kappa shape index (κ2) is 4.42. The van der Waals surface area contributed by atoms with Crippen LogP contribution in [0.25, 0.3) is 0 Å². The molecule has 1 aliphatic carbocycles. The molecule has 2 aliphatic rings. The number of piperidine rings is 1. The van der Waals surface area contributed by atoms with E-state index in [0.29, 0.717) is 6.54 Å². The fraction of sp³-hybridized carbons (Fsp3) is 0.500. The highest BCUT2D eigenvalue weighted by Crippen LogP contribution is 2.47. The molecule has 4 nitrogen and oxygen atoms in total. The van der Waals surface area contributed by atoms with Crippen molar-refractivity contribution in [3.8, 4) is 0 Å². The molecule has 1 saturated carbocycles. The van der Waals surface area contributed by atoms with Gasteiger partial charge in [0.2, 0.25) is 11.8 Å². The lowest BCUT2D eigenvalue weighted by atomic mass is 9.94. The van der Waals surface area contributed by atoms with Gasteiger partial charge in [-0.1, -0.05) is 17.7 Å². The average Bonchev–Trinajstić information content (AvgIpc) is 3.08. The van der Waals surface area contributed by atoms with Crippen molar-refractivity contribution in [1.82, 2.24) is 4.90 Å². The quantitative estimate of drug-likeness (QED) is 0.850. The van der Waals surface area contributed by atoms with Gasteiger partial charge in [0.25, 0.3) is 0 Å². The Labute approximate surface area is 118 Å². The molecule has 20 heavy (non-hydrogen) atoms. The summed E-state index contributed by atoms with van der Waals surface area (Å²) in [5.41, 5.74) is 10.8. The van der Waals surface area contributed by atoms with Crippen molar-refractivity contribution in [3.05, 3.63) is 34.4 Å². The summed E-state index contributed by atoms with van der Waals surface area (Å²) in [6, 6.07) is 3.88. The van der Waals surface area contributed by atoms with Gasteiger partial charge < -0.3 is 5.73 Å². The normalized spacial score (nSPS) is 25.9. The van der Waals surface area contributed by atoms with Crippen molar-refractivity contribution in [1.29, 1.82) is 0 Å². The fourth-order valence-electron chi connectivity index (χ4n) is 3.49. The van der Waals surface area contributed by atoms with Crippen LogP contribution in [0.3, 0.4) is 0 Å². The Balaban J connectivity index is 1.82. The topological polar surface area (TPSA) is 63.4 Å². The average molecular weight is 272 g/mol. The van der Waals surface area contributed by atoms with Gasteiger partial charge in [0.15, 0.2) is 0 Å². The van der Waals surface area contributed by atoms with Gasteiger partial charge in [-0.2, -0.15) is 0 Å². The lowest BCUT2D eigenvalue weighted by molar-refractivity contribution is -0.141. The summed E-state index contributed by atoms with van der Waals surface area (Å²) in [5.74, 6) is -0.152. The molecule has 0 aromatic heterocycles. The van der Waals surface area contributed by atoms with Crippen LogP contribution >= 0.6 is 0 Å². The zero-order valence-electron chi connectivity index (χ0n) is 12.1. The van der Waals surface area contributed by atoms with Crippen LogP contribution in [0.5, 0.6) is 0 Å². The summed E-state index contributed by atoms with van der Waals surface area (Å²) in [4.78, 5) is 25.4. The number of hydrogen-bond acceptors (Lipinski definition) is 3. The van der Waals surface area contributed by atoms with Crippen molar-refractivity contribution >= 4 is 11.8 Å². The zero-order chi connectivity index (χ0) is 14.6. The molecule has 0 radical (unpaired) electrons. The Morgan fingerprint density at radius 3 is 2.15 bits per heavy atom. The smallest absolute Gasteiger partial charge is 0.233 e. The first-order valence-corrected chi connectivity index (χ1v) is 7.08. The minimum absolute atomic E-state index is 0.0298. The number of aryl methyl sites for hydroxylation is 3. The minimum atomic E-state index is -0.305. The van der Waals surface area contributed by atoms with Gasteiger partial charge in [-0.25, -0.2) is 0 Å². The van der Waals surface area contributed by atoms with Crippen LogP contribution in [-0.4, -0.2) is 23.3 Å². The van der Waals surface area contributed by atoms with E-state index in [1.54, 1.807) is 0 Å². The second-order valence-corrected chi connectivity index (χ2v) is 6.15. The maximum absolute atomic E-state index is 12.0. The number of carbonyl (C=O) groups excluding carboxylic acids is 2. The molecule has 0 bridgehead atoms. The number of likely N-dealkylation sites (tertiary alicyclic amines) is 1. The van der Waals surface area contributed by atoms with Crippen molar-refractivity contribution < 1.29 is 9.59 Å². The fourth-order valence-corrected chi connectivity index (χ4v) is 3.49. The van der Waals surface area contributed by atoms with E-state index in [1.807, 2.05) is 13.8 Å². The van der Waals surface area contributed by atoms with E-state index in [0.717, 1.165) is 23.1 Å². The van der Waals surface area contributed by atoms with Crippen molar-refractivity contribution in [2.45, 2.75) is 33.2 Å². The summed E-state index contributed by atoms with van der Waals surface area (Å²) in [7, 11) is 0. The highest BCUT2D eigenvalue weighted by atomic mass is 16.2. The molecule has 106 valence electrons. The standard InChI is InChI=1S/C16H20N2O2/c1-8-4-9(2)14(10(3)5-8)13(17)7-18-15(19)11-6-12(11)16(18)20/h4-5,11-13H,6-7,17H2,1-3H3. The monoisotopic (exact) mass is 272 g/mol. The van der Waals surface area contributed by atoms with Gasteiger partial charge in [0, 0.05) is 12.6 Å². The third kappa shape index (κ3) is 1.95. The Hall–Kier alpha value is -1.68. The Kier molecular flexibility index (Phi) is 2.94. The molecule has 3 unspecified atom stereocenters. The lowest BCUT2D eigenvalue weighted by Gasteiger charge is -2.24. The van der Waals surface area contributed by atoms with Gasteiger partial charge in [0.1, 0.15) is 0 Å². The minimum Gasteiger partial charge on any atom is -0.322 e. The highest BCUT2D eigenvalue weighted by Gasteiger charge is 2.58. The Bertz CT molecular complexity index is 565. The van der Waals surface area contributed by atoms with Crippen molar-refractivity contribution in [2.75, 3.05) is 6.54 Å². The Morgan fingerprint density at radius 1 is 1.15 bits per heavy atom. The molecule has 1 saturated heterocycles. The molecule has 1 aromatic carbocycles. The van der Waals surface area contributed by atoms with Crippen LogP contribution in [0.15, 0.2) is 12.1 Å². The maximum Gasteiger partial charge on any atom is 0.233 e. The number of hydrogen-bond donors (Lipinski definition) is 1. The van der Waals surface area contributed by atoms with Gasteiger partial charge in [-0.3, -0.25) is 14.5 Å². The number of nitrogens with zero attached hydrogens (tertiary/aromatic N) is 1. The molecule has 2 N–H and O–H groups in total. The third-order valence-corrected chi connectivity index (χ3v) is 4.44. The first kappa shape index (κ1) is 13.3. The molecule has 3 rings (SSSR count). The van der Waals surface area contributed by atoms with Crippen LogP contribution in [0, 0.1) is 32.6 Å². The number of imide groups is 1. The molecule has 2 amide bonds. The molecule has 4 heteroatoms. The van der Waals surface area contributed by atoms with Gasteiger partial charge >= 0.3 is 0 Å². The molecule has 1 aromatic rings. The van der Waals surface area contributed by atoms with E-state index in [9.17, 15) is 9.59 Å². The number of carbonyl (C=O) groups is 2. The van der Waals surface area contributed by atoms with Crippen LogP contribution < -0.4 is 5.73 Å². The van der Waals surface area contributed by atoms with Crippen LogP contribution in [0.4, 0.5) is 0 Å². The molecule has 3 atom stereocenters. The first-order chi connectivity index (χ1) is 9.40. The summed E-state index contributed by atoms with van der Waals surface area (Å²) in [6.07, 6.45) is 0.742. The van der Waals surface area contributed by atoms with E-state index in [1.165, 1.54) is 10.5 Å². The first-order valence-electron chi connectivity index (χ1n) is 7.08. The number of amides is 2. The largest absolute Gasteiger partial charge is 0.322 e. The SMILES string of the molecule is Cc1cc(C)c(C(N)CN2C(=O)C3CC3C2=O)c(C)c1. The molecular weight excluding hydrogens is 252 g/mol. The lowest BCUT2D eigenvalue weighted by Crippen LogP contribution is -2.39.